The van der Waals surface area contributed by atoms with Crippen LogP contribution in [0.1, 0.15) is 69.7 Å². The first-order chi connectivity index (χ1) is 19.6. The number of nitrogens with two attached hydrogens (primary N) is 1. The molecule has 1 amide bonds. The van der Waals surface area contributed by atoms with E-state index in [9.17, 15) is 9.59 Å². The molecule has 41 heavy (non-hydrogen) atoms. The van der Waals surface area contributed by atoms with Crippen LogP contribution in [0.3, 0.4) is 0 Å². The molecule has 4 aromatic rings. The van der Waals surface area contributed by atoms with Gasteiger partial charge in [-0.1, -0.05) is 5.16 Å². The van der Waals surface area contributed by atoms with Gasteiger partial charge in [-0.3, -0.25) is 0 Å². The van der Waals surface area contributed by atoms with Crippen LogP contribution in [0.25, 0.3) is 33.7 Å². The first kappa shape index (κ1) is 26.6. The predicted molar refractivity (Wildman–Crippen MR) is 146 cm³/mol. The number of amides is 1. The van der Waals surface area contributed by atoms with E-state index >= 15 is 0 Å². The molecular weight excluding hydrogens is 530 g/mol. The van der Waals surface area contributed by atoms with Gasteiger partial charge in [-0.15, -0.1) is 0 Å². The van der Waals surface area contributed by atoms with Crippen LogP contribution in [0.5, 0.6) is 0 Å². The Balaban J connectivity index is 1.30. The average Bonchev–Trinajstić information content (AvgIpc) is 3.57. The van der Waals surface area contributed by atoms with Crippen LogP contribution in [0, 0.1) is 0 Å². The summed E-state index contributed by atoms with van der Waals surface area (Å²) in [6.45, 7) is 6.35. The SMILES string of the molecule is CC(C)(C)n1nc(-c2noc(C3CC3)c2-c2ccc(C3CCN(C(=O)OCC(=O)O)CC3)nn2)c2c(N)ncnc21. The van der Waals surface area contributed by atoms with Crippen LogP contribution >= 0.6 is 0 Å². The van der Waals surface area contributed by atoms with E-state index in [0.29, 0.717) is 59.9 Å². The molecule has 1 saturated heterocycles. The molecule has 0 bridgehead atoms. The third-order valence-electron chi connectivity index (χ3n) is 7.45. The van der Waals surface area contributed by atoms with Gasteiger partial charge in [0.1, 0.15) is 29.3 Å². The number of hydrogen-bond donors (Lipinski definition) is 2. The summed E-state index contributed by atoms with van der Waals surface area (Å²) >= 11 is 0. The van der Waals surface area contributed by atoms with Crippen molar-refractivity contribution in [3.8, 4) is 22.6 Å². The maximum atomic E-state index is 12.1. The van der Waals surface area contributed by atoms with Crippen molar-refractivity contribution in [1.82, 2.24) is 40.0 Å². The Kier molecular flexibility index (Phi) is 6.54. The highest BCUT2D eigenvalue weighted by Crippen LogP contribution is 2.48. The lowest BCUT2D eigenvalue weighted by Gasteiger charge is -2.30. The van der Waals surface area contributed by atoms with E-state index in [1.54, 1.807) is 0 Å². The van der Waals surface area contributed by atoms with E-state index in [-0.39, 0.29) is 17.4 Å². The Morgan fingerprint density at radius 1 is 1.07 bits per heavy atom. The van der Waals surface area contributed by atoms with Crippen molar-refractivity contribution in [2.24, 2.45) is 0 Å². The highest BCUT2D eigenvalue weighted by atomic mass is 16.6. The molecule has 2 fully saturated rings. The van der Waals surface area contributed by atoms with Crippen LogP contribution in [-0.2, 0) is 15.1 Å². The lowest BCUT2D eigenvalue weighted by Crippen LogP contribution is -2.39. The smallest absolute Gasteiger partial charge is 0.410 e. The van der Waals surface area contributed by atoms with Crippen LogP contribution in [-0.4, -0.2) is 76.9 Å². The van der Waals surface area contributed by atoms with E-state index in [4.69, 9.17) is 25.2 Å². The van der Waals surface area contributed by atoms with Gasteiger partial charge in [0.05, 0.1) is 27.9 Å². The van der Waals surface area contributed by atoms with Gasteiger partial charge in [0.15, 0.2) is 12.3 Å². The number of likely N-dealkylation sites (tertiary alicyclic amines) is 1. The largest absolute Gasteiger partial charge is 0.479 e. The fraction of sp³-hybridized carbons (Fsp3) is 0.481. The number of carbonyl (C=O) groups is 2. The van der Waals surface area contributed by atoms with Crippen molar-refractivity contribution in [2.45, 2.75) is 63.8 Å². The van der Waals surface area contributed by atoms with Crippen LogP contribution in [0.4, 0.5) is 10.6 Å². The second-order valence-corrected chi connectivity index (χ2v) is 11.5. The highest BCUT2D eigenvalue weighted by Gasteiger charge is 2.36. The van der Waals surface area contributed by atoms with Crippen LogP contribution in [0.15, 0.2) is 23.0 Å². The minimum Gasteiger partial charge on any atom is -0.479 e. The van der Waals surface area contributed by atoms with Gasteiger partial charge in [-0.2, -0.15) is 15.3 Å². The van der Waals surface area contributed by atoms with Crippen molar-refractivity contribution < 1.29 is 24.0 Å². The molecule has 14 nitrogen and oxygen atoms in total. The first-order valence-electron chi connectivity index (χ1n) is 13.6. The number of carboxylic acids is 1. The Morgan fingerprint density at radius 3 is 2.46 bits per heavy atom. The minimum atomic E-state index is -1.18. The topological polar surface area (TPSA) is 188 Å². The zero-order valence-electron chi connectivity index (χ0n) is 23.1. The molecule has 1 aliphatic heterocycles. The third-order valence-corrected chi connectivity index (χ3v) is 7.45. The molecule has 3 N–H and O–H groups in total. The fourth-order valence-electron chi connectivity index (χ4n) is 5.21. The maximum Gasteiger partial charge on any atom is 0.410 e. The molecule has 0 unspecified atom stereocenters. The normalized spacial score (nSPS) is 16.3. The summed E-state index contributed by atoms with van der Waals surface area (Å²) in [6.07, 6.45) is 4.15. The number of nitrogens with zero attached hydrogens (tertiary/aromatic N) is 8. The Hall–Kier alpha value is -4.62. The van der Waals surface area contributed by atoms with E-state index in [1.165, 1.54) is 11.2 Å². The molecule has 4 aromatic heterocycles. The Bertz CT molecular complexity index is 1610. The summed E-state index contributed by atoms with van der Waals surface area (Å²) in [5, 5.41) is 27.8. The quantitative estimate of drug-likeness (QED) is 0.349. The summed E-state index contributed by atoms with van der Waals surface area (Å²) in [7, 11) is 0. The lowest BCUT2D eigenvalue weighted by atomic mass is 9.93. The molecule has 0 radical (unpaired) electrons. The van der Waals surface area contributed by atoms with E-state index < -0.39 is 18.7 Å². The summed E-state index contributed by atoms with van der Waals surface area (Å²) < 4.78 is 12.5. The van der Waals surface area contributed by atoms with Gasteiger partial charge in [-0.05, 0) is 58.6 Å². The molecule has 1 saturated carbocycles. The van der Waals surface area contributed by atoms with E-state index in [1.807, 2.05) is 37.6 Å². The molecule has 1 aliphatic carbocycles. The number of fused-ring (bicyclic) bond motifs is 1. The Labute approximate surface area is 234 Å². The zero-order valence-corrected chi connectivity index (χ0v) is 23.1. The van der Waals surface area contributed by atoms with Gasteiger partial charge < -0.3 is 25.0 Å². The summed E-state index contributed by atoms with van der Waals surface area (Å²) in [5.41, 5.74) is 9.81. The number of hydrogen-bond acceptors (Lipinski definition) is 11. The second kappa shape index (κ2) is 10.1. The number of aliphatic carboxylic acids is 1. The summed E-state index contributed by atoms with van der Waals surface area (Å²) in [4.78, 5) is 33.0. The molecule has 5 heterocycles. The minimum absolute atomic E-state index is 0.105. The zero-order chi connectivity index (χ0) is 28.9. The molecule has 214 valence electrons. The van der Waals surface area contributed by atoms with Crippen LogP contribution in [0.2, 0.25) is 0 Å². The molecule has 2 aliphatic rings. The fourth-order valence-corrected chi connectivity index (χ4v) is 5.21. The Morgan fingerprint density at radius 2 is 1.83 bits per heavy atom. The summed E-state index contributed by atoms with van der Waals surface area (Å²) in [6, 6.07) is 3.86. The van der Waals surface area contributed by atoms with E-state index in [2.05, 4.69) is 25.3 Å². The van der Waals surface area contributed by atoms with Gasteiger partial charge in [-0.25, -0.2) is 24.2 Å². The van der Waals surface area contributed by atoms with Crippen molar-refractivity contribution in [3.63, 3.8) is 0 Å². The average molecular weight is 562 g/mol. The number of aromatic nitrogens is 7. The summed E-state index contributed by atoms with van der Waals surface area (Å²) in [5.74, 6) is 0.235. The number of carboxylic acid groups (broad SMARTS) is 1. The lowest BCUT2D eigenvalue weighted by molar-refractivity contribution is -0.140. The first-order valence-corrected chi connectivity index (χ1v) is 13.6. The highest BCUT2D eigenvalue weighted by molar-refractivity contribution is 6.00. The van der Waals surface area contributed by atoms with E-state index in [0.717, 1.165) is 29.9 Å². The number of anilines is 1. The van der Waals surface area contributed by atoms with Crippen molar-refractivity contribution in [3.05, 3.63) is 29.9 Å². The molecule has 0 spiro atoms. The molecule has 6 rings (SSSR count). The van der Waals surface area contributed by atoms with Gasteiger partial charge in [0, 0.05) is 24.9 Å². The molecular formula is C27H31N9O5. The molecule has 14 heteroatoms. The monoisotopic (exact) mass is 561 g/mol. The third kappa shape index (κ3) is 5.05. The number of piperidine rings is 1. The van der Waals surface area contributed by atoms with Gasteiger partial charge in [0.2, 0.25) is 0 Å². The van der Waals surface area contributed by atoms with Gasteiger partial charge >= 0.3 is 12.1 Å². The number of rotatable bonds is 6. The maximum absolute atomic E-state index is 12.1. The van der Waals surface area contributed by atoms with Gasteiger partial charge in [0.25, 0.3) is 0 Å². The molecule has 0 aromatic carbocycles. The number of ether oxygens (including phenoxy) is 1. The van der Waals surface area contributed by atoms with Crippen molar-refractivity contribution >= 4 is 28.9 Å². The standard InChI is InChI=1S/C27H31N9O5/c1-27(2,3)36-25-20(24(28)29-13-30-25)21(33-36)22-19(23(41-34-22)15-4-5-15)17-7-6-16(31-32-17)14-8-10-35(11-9-14)26(39)40-12-18(37)38/h6-7,13-15H,4-5,8-12H2,1-3H3,(H,37,38)(H2,28,29,30). The number of nitrogen functional groups attached to an aromatic ring is 1. The van der Waals surface area contributed by atoms with Crippen molar-refractivity contribution in [1.29, 1.82) is 0 Å². The molecule has 0 atom stereocenters. The number of carbonyl (C=O) groups excluding carboxylic acids is 1. The second-order valence-electron chi connectivity index (χ2n) is 11.5. The van der Waals surface area contributed by atoms with Crippen molar-refractivity contribution in [2.75, 3.05) is 25.4 Å². The van der Waals surface area contributed by atoms with Crippen LogP contribution < -0.4 is 5.73 Å². The predicted octanol–water partition coefficient (Wildman–Crippen LogP) is 3.55.